The summed E-state index contributed by atoms with van der Waals surface area (Å²) in [6, 6.07) is 13.5. The maximum absolute atomic E-state index is 13.3. The lowest BCUT2D eigenvalue weighted by molar-refractivity contribution is -0.137. The molecule has 0 spiro atoms. The van der Waals surface area contributed by atoms with Crippen LogP contribution in [0.2, 0.25) is 0 Å². The van der Waals surface area contributed by atoms with Gasteiger partial charge in [-0.1, -0.05) is 17.3 Å². The second-order valence-electron chi connectivity index (χ2n) is 6.80. The van der Waals surface area contributed by atoms with Crippen molar-refractivity contribution < 1.29 is 22.4 Å². The van der Waals surface area contributed by atoms with Crippen molar-refractivity contribution in [1.29, 1.82) is 0 Å². The summed E-state index contributed by atoms with van der Waals surface area (Å²) in [5.41, 5.74) is 0.742. The second-order valence-corrected chi connectivity index (χ2v) is 6.80. The Kier molecular flexibility index (Phi) is 5.67. The van der Waals surface area contributed by atoms with Crippen LogP contribution in [0, 0.1) is 5.82 Å². The molecule has 6 nitrogen and oxygen atoms in total. The monoisotopic (exact) mass is 441 g/mol. The number of rotatable bonds is 5. The number of amides is 1. The number of carbonyl (C=O) groups excluding carboxylic acids is 1. The predicted octanol–water partition coefficient (Wildman–Crippen LogP) is 4.42. The van der Waals surface area contributed by atoms with Gasteiger partial charge in [0, 0.05) is 24.5 Å². The van der Waals surface area contributed by atoms with Crippen molar-refractivity contribution in [3.63, 3.8) is 0 Å². The number of benzene rings is 2. The van der Waals surface area contributed by atoms with Gasteiger partial charge in [0.25, 0.3) is 5.91 Å². The lowest BCUT2D eigenvalue weighted by atomic mass is 10.1. The van der Waals surface area contributed by atoms with Gasteiger partial charge < -0.3 is 5.32 Å². The SMILES string of the molecule is O=C(NCc1cccc(C(F)(F)F)c1)c1nnn(-c2ccc(F)cc2)c1-c1cccnc1. The number of hydrogen-bond acceptors (Lipinski definition) is 4. The fourth-order valence-electron chi connectivity index (χ4n) is 3.08. The number of nitrogens with one attached hydrogen (secondary N) is 1. The Bertz CT molecular complexity index is 1240. The number of halogens is 4. The molecule has 0 saturated heterocycles. The van der Waals surface area contributed by atoms with E-state index in [2.05, 4.69) is 20.6 Å². The number of carbonyl (C=O) groups is 1. The first-order chi connectivity index (χ1) is 15.3. The maximum Gasteiger partial charge on any atom is 0.416 e. The smallest absolute Gasteiger partial charge is 0.346 e. The van der Waals surface area contributed by atoms with Crippen molar-refractivity contribution in [1.82, 2.24) is 25.3 Å². The van der Waals surface area contributed by atoms with E-state index in [1.807, 2.05) is 0 Å². The molecule has 4 rings (SSSR count). The molecule has 0 unspecified atom stereocenters. The quantitative estimate of drug-likeness (QED) is 0.466. The van der Waals surface area contributed by atoms with Gasteiger partial charge in [0.15, 0.2) is 5.69 Å². The van der Waals surface area contributed by atoms with Gasteiger partial charge in [-0.05, 0) is 54.1 Å². The van der Waals surface area contributed by atoms with Crippen LogP contribution in [-0.4, -0.2) is 25.9 Å². The van der Waals surface area contributed by atoms with E-state index in [1.165, 1.54) is 47.3 Å². The van der Waals surface area contributed by atoms with E-state index in [-0.39, 0.29) is 17.8 Å². The third-order valence-corrected chi connectivity index (χ3v) is 4.60. The zero-order valence-electron chi connectivity index (χ0n) is 16.3. The van der Waals surface area contributed by atoms with Gasteiger partial charge in [-0.3, -0.25) is 9.78 Å². The highest BCUT2D eigenvalue weighted by molar-refractivity contribution is 5.98. The minimum absolute atomic E-state index is 0.0469. The first-order valence-corrected chi connectivity index (χ1v) is 9.39. The molecule has 1 N–H and O–H groups in total. The average molecular weight is 441 g/mol. The van der Waals surface area contributed by atoms with E-state index >= 15 is 0 Å². The minimum atomic E-state index is -4.48. The Balaban J connectivity index is 1.65. The molecule has 10 heteroatoms. The molecule has 0 bridgehead atoms. The van der Waals surface area contributed by atoms with Crippen LogP contribution in [0.15, 0.2) is 73.1 Å². The van der Waals surface area contributed by atoms with E-state index in [0.717, 1.165) is 12.1 Å². The van der Waals surface area contributed by atoms with Crippen LogP contribution in [0.3, 0.4) is 0 Å². The van der Waals surface area contributed by atoms with Crippen LogP contribution < -0.4 is 5.32 Å². The molecule has 1 amide bonds. The summed E-state index contributed by atoms with van der Waals surface area (Å²) < 4.78 is 53.5. The van der Waals surface area contributed by atoms with E-state index in [4.69, 9.17) is 0 Å². The molecule has 2 heterocycles. The summed E-state index contributed by atoms with van der Waals surface area (Å²) >= 11 is 0. The molecule has 0 saturated carbocycles. The van der Waals surface area contributed by atoms with Gasteiger partial charge in [0.1, 0.15) is 11.5 Å². The van der Waals surface area contributed by atoms with Crippen molar-refractivity contribution in [2.75, 3.05) is 0 Å². The lowest BCUT2D eigenvalue weighted by Gasteiger charge is -2.10. The van der Waals surface area contributed by atoms with Crippen LogP contribution in [0.4, 0.5) is 17.6 Å². The van der Waals surface area contributed by atoms with Gasteiger partial charge in [0.2, 0.25) is 0 Å². The number of aromatic nitrogens is 4. The van der Waals surface area contributed by atoms with Crippen molar-refractivity contribution in [2.24, 2.45) is 0 Å². The van der Waals surface area contributed by atoms with E-state index < -0.39 is 23.5 Å². The highest BCUT2D eigenvalue weighted by Crippen LogP contribution is 2.29. The Morgan fingerprint density at radius 1 is 1.03 bits per heavy atom. The second kappa shape index (κ2) is 8.58. The molecule has 32 heavy (non-hydrogen) atoms. The van der Waals surface area contributed by atoms with Gasteiger partial charge in [-0.2, -0.15) is 13.2 Å². The Morgan fingerprint density at radius 2 is 1.81 bits per heavy atom. The van der Waals surface area contributed by atoms with Crippen molar-refractivity contribution in [3.05, 3.63) is 95.7 Å². The number of hydrogen-bond donors (Lipinski definition) is 1. The molecule has 4 aromatic rings. The first-order valence-electron chi connectivity index (χ1n) is 9.39. The first kappa shape index (κ1) is 21.2. The Labute approximate surface area is 179 Å². The van der Waals surface area contributed by atoms with E-state index in [9.17, 15) is 22.4 Å². The lowest BCUT2D eigenvalue weighted by Crippen LogP contribution is -2.24. The largest absolute Gasteiger partial charge is 0.416 e. The van der Waals surface area contributed by atoms with Gasteiger partial charge in [-0.15, -0.1) is 5.10 Å². The Morgan fingerprint density at radius 3 is 2.50 bits per heavy atom. The molecular weight excluding hydrogens is 426 g/mol. The van der Waals surface area contributed by atoms with Crippen LogP contribution in [0.1, 0.15) is 21.6 Å². The molecule has 0 aliphatic rings. The standard InChI is InChI=1S/C22H15F4N5O/c23-17-6-8-18(9-7-17)31-20(15-4-2-10-27-13-15)19(29-30-31)21(32)28-12-14-3-1-5-16(11-14)22(24,25)26/h1-11,13H,12H2,(H,28,32). The van der Waals surface area contributed by atoms with Crippen LogP contribution in [-0.2, 0) is 12.7 Å². The molecule has 0 aliphatic heterocycles. The van der Waals surface area contributed by atoms with Crippen molar-refractivity contribution in [3.8, 4) is 16.9 Å². The molecule has 2 aromatic carbocycles. The van der Waals surface area contributed by atoms with Crippen LogP contribution in [0.25, 0.3) is 16.9 Å². The Hall–Kier alpha value is -4.08. The fraction of sp³-hybridized carbons (Fsp3) is 0.0909. The highest BCUT2D eigenvalue weighted by atomic mass is 19.4. The van der Waals surface area contributed by atoms with Crippen LogP contribution >= 0.6 is 0 Å². The third-order valence-electron chi connectivity index (χ3n) is 4.60. The van der Waals surface area contributed by atoms with Crippen LogP contribution in [0.5, 0.6) is 0 Å². The molecule has 2 aromatic heterocycles. The fourth-order valence-corrected chi connectivity index (χ4v) is 3.08. The molecule has 0 fully saturated rings. The summed E-state index contributed by atoms with van der Waals surface area (Å²) in [7, 11) is 0. The molecule has 0 radical (unpaired) electrons. The van der Waals surface area contributed by atoms with E-state index in [0.29, 0.717) is 16.9 Å². The van der Waals surface area contributed by atoms with Crippen molar-refractivity contribution in [2.45, 2.75) is 12.7 Å². The number of nitrogens with zero attached hydrogens (tertiary/aromatic N) is 4. The van der Waals surface area contributed by atoms with Gasteiger partial charge in [0.05, 0.1) is 11.3 Å². The highest BCUT2D eigenvalue weighted by Gasteiger charge is 2.30. The predicted molar refractivity (Wildman–Crippen MR) is 107 cm³/mol. The third kappa shape index (κ3) is 4.48. The zero-order chi connectivity index (χ0) is 22.7. The molecular formula is C22H15F4N5O. The van der Waals surface area contributed by atoms with Gasteiger partial charge >= 0.3 is 6.18 Å². The summed E-state index contributed by atoms with van der Waals surface area (Å²) in [6.45, 7) is -0.140. The summed E-state index contributed by atoms with van der Waals surface area (Å²) in [4.78, 5) is 16.9. The molecule has 162 valence electrons. The number of alkyl halides is 3. The number of pyridine rings is 1. The maximum atomic E-state index is 13.3. The molecule has 0 aliphatic carbocycles. The minimum Gasteiger partial charge on any atom is -0.346 e. The van der Waals surface area contributed by atoms with Gasteiger partial charge in [-0.25, -0.2) is 9.07 Å². The topological polar surface area (TPSA) is 72.7 Å². The normalized spacial score (nSPS) is 11.4. The van der Waals surface area contributed by atoms with E-state index in [1.54, 1.807) is 18.3 Å². The molecule has 0 atom stereocenters. The summed E-state index contributed by atoms with van der Waals surface area (Å²) in [5, 5.41) is 10.6. The summed E-state index contributed by atoms with van der Waals surface area (Å²) in [6.07, 6.45) is -1.41. The summed E-state index contributed by atoms with van der Waals surface area (Å²) in [5.74, 6) is -1.06. The van der Waals surface area contributed by atoms with Crippen molar-refractivity contribution >= 4 is 5.91 Å². The zero-order valence-corrected chi connectivity index (χ0v) is 16.3. The average Bonchev–Trinajstić information content (AvgIpc) is 3.23.